The first-order valence-corrected chi connectivity index (χ1v) is 8.36. The van der Waals surface area contributed by atoms with Crippen molar-refractivity contribution in [2.75, 3.05) is 5.32 Å². The highest BCUT2D eigenvalue weighted by Gasteiger charge is 2.35. The van der Waals surface area contributed by atoms with Gasteiger partial charge in [0, 0.05) is 25.1 Å². The molecule has 1 aromatic carbocycles. The summed E-state index contributed by atoms with van der Waals surface area (Å²) in [4.78, 5) is 16.6. The van der Waals surface area contributed by atoms with Crippen LogP contribution in [0.5, 0.6) is 5.75 Å². The van der Waals surface area contributed by atoms with Gasteiger partial charge in [0.25, 0.3) is 0 Å². The number of anilines is 1. The van der Waals surface area contributed by atoms with Gasteiger partial charge in [0.05, 0.1) is 5.54 Å². The summed E-state index contributed by atoms with van der Waals surface area (Å²) >= 11 is 0. The van der Waals surface area contributed by atoms with E-state index in [0.29, 0.717) is 6.61 Å². The van der Waals surface area contributed by atoms with Gasteiger partial charge in [-0.05, 0) is 37.1 Å². The lowest BCUT2D eigenvalue weighted by molar-refractivity contribution is -0.122. The first kappa shape index (κ1) is 22.3. The zero-order chi connectivity index (χ0) is 17.0. The van der Waals surface area contributed by atoms with Crippen LogP contribution >= 0.6 is 24.8 Å². The molecule has 3 N–H and O–H groups in total. The fourth-order valence-electron chi connectivity index (χ4n) is 2.98. The number of carbonyl (C=O) groups is 1. The van der Waals surface area contributed by atoms with E-state index in [1.807, 2.05) is 42.1 Å². The van der Waals surface area contributed by atoms with Gasteiger partial charge < -0.3 is 20.4 Å². The van der Waals surface area contributed by atoms with E-state index in [0.717, 1.165) is 49.4 Å². The van der Waals surface area contributed by atoms with E-state index in [2.05, 4.69) is 10.3 Å². The van der Waals surface area contributed by atoms with Crippen LogP contribution in [0, 0.1) is 0 Å². The number of benzene rings is 1. The second kappa shape index (κ2) is 9.80. The van der Waals surface area contributed by atoms with E-state index in [-0.39, 0.29) is 30.7 Å². The number of hydrogen-bond acceptors (Lipinski definition) is 4. The van der Waals surface area contributed by atoms with Gasteiger partial charge in [-0.1, -0.05) is 19.3 Å². The van der Waals surface area contributed by atoms with Gasteiger partial charge in [0.2, 0.25) is 5.91 Å². The minimum Gasteiger partial charge on any atom is -0.486 e. The number of ether oxygens (including phenoxy) is 1. The summed E-state index contributed by atoms with van der Waals surface area (Å²) in [5.74, 6) is 1.50. The molecule has 0 aliphatic heterocycles. The lowest BCUT2D eigenvalue weighted by atomic mass is 9.82. The average molecular weight is 401 g/mol. The molecule has 0 radical (unpaired) electrons. The topological polar surface area (TPSA) is 82.2 Å². The van der Waals surface area contributed by atoms with Crippen molar-refractivity contribution in [1.29, 1.82) is 0 Å². The number of rotatable bonds is 5. The highest BCUT2D eigenvalue weighted by atomic mass is 35.5. The summed E-state index contributed by atoms with van der Waals surface area (Å²) in [6.07, 6.45) is 8.33. The number of nitrogens with zero attached hydrogens (tertiary/aromatic N) is 2. The van der Waals surface area contributed by atoms with Crippen LogP contribution in [0.1, 0.15) is 37.9 Å². The number of amides is 1. The quantitative estimate of drug-likeness (QED) is 0.804. The molecule has 0 bridgehead atoms. The number of hydrogen-bond donors (Lipinski definition) is 2. The summed E-state index contributed by atoms with van der Waals surface area (Å²) in [6.45, 7) is 0.404. The van der Waals surface area contributed by atoms with Crippen LogP contribution in [0.15, 0.2) is 36.7 Å². The Bertz CT molecular complexity index is 697. The number of carbonyl (C=O) groups excluding carboxylic acids is 1. The van der Waals surface area contributed by atoms with Crippen LogP contribution in [0.2, 0.25) is 0 Å². The maximum Gasteiger partial charge on any atom is 0.244 e. The summed E-state index contributed by atoms with van der Waals surface area (Å²) < 4.78 is 7.62. The number of halogens is 2. The smallest absolute Gasteiger partial charge is 0.244 e. The van der Waals surface area contributed by atoms with E-state index in [1.54, 1.807) is 6.20 Å². The van der Waals surface area contributed by atoms with Crippen molar-refractivity contribution >= 4 is 36.4 Å². The number of aryl methyl sites for hydroxylation is 1. The molecular weight excluding hydrogens is 375 g/mol. The lowest BCUT2D eigenvalue weighted by Gasteiger charge is -2.31. The first-order valence-electron chi connectivity index (χ1n) is 8.36. The van der Waals surface area contributed by atoms with Crippen molar-refractivity contribution in [2.45, 2.75) is 44.2 Å². The Kier molecular flexibility index (Phi) is 8.40. The molecule has 1 aromatic heterocycles. The van der Waals surface area contributed by atoms with Crippen molar-refractivity contribution in [3.8, 4) is 5.75 Å². The largest absolute Gasteiger partial charge is 0.486 e. The van der Waals surface area contributed by atoms with Crippen LogP contribution in [-0.2, 0) is 18.4 Å². The molecule has 1 saturated carbocycles. The highest BCUT2D eigenvalue weighted by molar-refractivity contribution is 5.98. The summed E-state index contributed by atoms with van der Waals surface area (Å²) in [7, 11) is 1.93. The number of nitrogens with one attached hydrogen (secondary N) is 1. The molecule has 3 rings (SSSR count). The molecule has 0 unspecified atom stereocenters. The zero-order valence-electron chi connectivity index (χ0n) is 14.8. The van der Waals surface area contributed by atoms with E-state index < -0.39 is 5.54 Å². The zero-order valence-corrected chi connectivity index (χ0v) is 16.4. The molecule has 0 atom stereocenters. The third kappa shape index (κ3) is 5.37. The van der Waals surface area contributed by atoms with Crippen LogP contribution < -0.4 is 15.8 Å². The van der Waals surface area contributed by atoms with E-state index in [9.17, 15) is 4.79 Å². The SMILES string of the molecule is Cl.Cl.Cn1ccnc1COc1ccc(NC(=O)C2(N)CCCCC2)cc1. The van der Waals surface area contributed by atoms with Gasteiger partial charge in [-0.3, -0.25) is 4.79 Å². The Morgan fingerprint density at radius 3 is 2.46 bits per heavy atom. The number of imidazole rings is 1. The minimum absolute atomic E-state index is 0. The Morgan fingerprint density at radius 1 is 1.23 bits per heavy atom. The van der Waals surface area contributed by atoms with Gasteiger partial charge in [-0.2, -0.15) is 0 Å². The molecule has 1 aliphatic rings. The summed E-state index contributed by atoms with van der Waals surface area (Å²) in [5.41, 5.74) is 6.26. The van der Waals surface area contributed by atoms with Gasteiger partial charge in [0.1, 0.15) is 18.2 Å². The maximum atomic E-state index is 12.4. The van der Waals surface area contributed by atoms with Crippen molar-refractivity contribution < 1.29 is 9.53 Å². The normalized spacial score (nSPS) is 15.3. The van der Waals surface area contributed by atoms with Crippen molar-refractivity contribution in [1.82, 2.24) is 9.55 Å². The van der Waals surface area contributed by atoms with Gasteiger partial charge in [-0.15, -0.1) is 24.8 Å². The van der Waals surface area contributed by atoms with Crippen molar-refractivity contribution in [3.05, 3.63) is 42.5 Å². The molecule has 8 heteroatoms. The monoisotopic (exact) mass is 400 g/mol. The van der Waals surface area contributed by atoms with Crippen LogP contribution in [0.25, 0.3) is 0 Å². The Morgan fingerprint density at radius 2 is 1.88 bits per heavy atom. The van der Waals surface area contributed by atoms with Crippen LogP contribution in [0.4, 0.5) is 5.69 Å². The van der Waals surface area contributed by atoms with Crippen molar-refractivity contribution in [2.24, 2.45) is 12.8 Å². The predicted molar refractivity (Wildman–Crippen MR) is 107 cm³/mol. The van der Waals surface area contributed by atoms with Gasteiger partial charge in [-0.25, -0.2) is 4.98 Å². The maximum absolute atomic E-state index is 12.4. The Labute approximate surface area is 166 Å². The molecule has 1 heterocycles. The molecule has 1 fully saturated rings. The molecule has 0 saturated heterocycles. The third-order valence-electron chi connectivity index (χ3n) is 4.60. The standard InChI is InChI=1S/C18H24N4O2.2ClH/c1-22-12-11-20-16(22)13-24-15-7-5-14(6-8-15)21-17(23)18(19)9-3-2-4-10-18;;/h5-8,11-12H,2-4,9-10,13,19H2,1H3,(H,21,23);2*1H. The highest BCUT2D eigenvalue weighted by Crippen LogP contribution is 2.27. The van der Waals surface area contributed by atoms with Crippen LogP contribution in [0.3, 0.4) is 0 Å². The lowest BCUT2D eigenvalue weighted by Crippen LogP contribution is -2.52. The Balaban J connectivity index is 0.00000169. The molecule has 1 aliphatic carbocycles. The van der Waals surface area contributed by atoms with E-state index >= 15 is 0 Å². The minimum atomic E-state index is -0.731. The number of aromatic nitrogens is 2. The van der Waals surface area contributed by atoms with Crippen molar-refractivity contribution in [3.63, 3.8) is 0 Å². The average Bonchev–Trinajstić information content (AvgIpc) is 3.00. The van der Waals surface area contributed by atoms with Gasteiger partial charge >= 0.3 is 0 Å². The molecule has 2 aromatic rings. The molecule has 6 nitrogen and oxygen atoms in total. The molecular formula is C18H26Cl2N4O2. The fraction of sp³-hybridized carbons (Fsp3) is 0.444. The van der Waals surface area contributed by atoms with Crippen LogP contribution in [-0.4, -0.2) is 21.0 Å². The first-order chi connectivity index (χ1) is 11.6. The molecule has 0 spiro atoms. The molecule has 26 heavy (non-hydrogen) atoms. The molecule has 1 amide bonds. The summed E-state index contributed by atoms with van der Waals surface area (Å²) in [5, 5.41) is 2.92. The summed E-state index contributed by atoms with van der Waals surface area (Å²) in [6, 6.07) is 7.33. The van der Waals surface area contributed by atoms with Gasteiger partial charge in [0.15, 0.2) is 0 Å². The third-order valence-corrected chi connectivity index (χ3v) is 4.60. The van der Waals surface area contributed by atoms with E-state index in [1.165, 1.54) is 0 Å². The Hall–Kier alpha value is -1.76. The second-order valence-corrected chi connectivity index (χ2v) is 6.44. The van der Waals surface area contributed by atoms with E-state index in [4.69, 9.17) is 10.5 Å². The fourth-order valence-corrected chi connectivity index (χ4v) is 2.98. The number of nitrogens with two attached hydrogens (primary N) is 1. The molecule has 144 valence electrons. The second-order valence-electron chi connectivity index (χ2n) is 6.44. The predicted octanol–water partition coefficient (Wildman–Crippen LogP) is 3.44.